The predicted molar refractivity (Wildman–Crippen MR) is 136 cm³/mol. The first-order valence-corrected chi connectivity index (χ1v) is 12.1. The second-order valence-corrected chi connectivity index (χ2v) is 9.22. The summed E-state index contributed by atoms with van der Waals surface area (Å²) in [6, 6.07) is 9.45. The first kappa shape index (κ1) is 29.7. The molecule has 0 saturated carbocycles. The second-order valence-electron chi connectivity index (χ2n) is 9.22. The molecule has 3 rings (SSSR count). The number of alkyl halides is 3. The lowest BCUT2D eigenvalue weighted by molar-refractivity contribution is -0.201. The second kappa shape index (κ2) is 12.8. The van der Waals surface area contributed by atoms with Gasteiger partial charge in [0.15, 0.2) is 6.10 Å². The van der Waals surface area contributed by atoms with E-state index in [1.165, 1.54) is 6.07 Å². The number of carbonyl (C=O) groups is 3. The standard InChI is InChI=1S/C26H29F4N5O4/c1-16(2)32-23(37)18-5-3-4-17(12-18)15-34-8-10-35(11-9-34)24(38)19-6-7-21(20(27)13-19)33-25(39)31-14-22(36)26(28,29)30/h3-7,12-13,22,36H,8-11,14-15H2,1-2H3,(H2,31,33,39). The average molecular weight is 552 g/mol. The Balaban J connectivity index is 1.52. The number of urea groups is 1. The monoisotopic (exact) mass is 551 g/mol. The van der Waals surface area contributed by atoms with E-state index >= 15 is 0 Å². The van der Waals surface area contributed by atoms with Crippen LogP contribution in [0.4, 0.5) is 28.0 Å². The van der Waals surface area contributed by atoms with Gasteiger partial charge in [-0.05, 0) is 49.7 Å². The molecule has 9 nitrogen and oxygen atoms in total. The number of aliphatic imine (C=N–C) groups is 1. The van der Waals surface area contributed by atoms with E-state index in [-0.39, 0.29) is 17.2 Å². The van der Waals surface area contributed by atoms with Gasteiger partial charge in [0.25, 0.3) is 11.8 Å². The molecule has 13 heteroatoms. The fourth-order valence-electron chi connectivity index (χ4n) is 3.84. The Morgan fingerprint density at radius 1 is 1.03 bits per heavy atom. The Bertz CT molecular complexity index is 1240. The molecule has 2 aromatic carbocycles. The molecule has 0 radical (unpaired) electrons. The molecule has 4 amide bonds. The van der Waals surface area contributed by atoms with Crippen LogP contribution in [0, 0.1) is 5.82 Å². The van der Waals surface area contributed by atoms with E-state index in [1.807, 2.05) is 11.4 Å². The smallest absolute Gasteiger partial charge is 0.382 e. The summed E-state index contributed by atoms with van der Waals surface area (Å²) in [6.07, 6.45) is -7.66. The van der Waals surface area contributed by atoms with Gasteiger partial charge in [-0.1, -0.05) is 12.1 Å². The minimum atomic E-state index is -4.90. The third kappa shape index (κ3) is 8.58. The number of hydrogen-bond acceptors (Lipinski definition) is 5. The molecule has 0 spiro atoms. The topological polar surface area (TPSA) is 114 Å². The Kier molecular flexibility index (Phi) is 9.76. The quantitative estimate of drug-likeness (QED) is 0.360. The number of rotatable bonds is 7. The van der Waals surface area contributed by atoms with Crippen LogP contribution in [0.2, 0.25) is 0 Å². The molecular formula is C26H29F4N5O4. The van der Waals surface area contributed by atoms with Gasteiger partial charge < -0.3 is 20.6 Å². The van der Waals surface area contributed by atoms with Crippen LogP contribution < -0.4 is 10.6 Å². The van der Waals surface area contributed by atoms with E-state index in [0.29, 0.717) is 44.0 Å². The molecule has 1 fully saturated rings. The number of amides is 4. The van der Waals surface area contributed by atoms with Gasteiger partial charge in [0.05, 0.1) is 12.2 Å². The molecule has 0 bridgehead atoms. The zero-order valence-corrected chi connectivity index (χ0v) is 21.4. The maximum atomic E-state index is 14.5. The molecule has 1 heterocycles. The molecule has 1 aliphatic heterocycles. The molecule has 39 heavy (non-hydrogen) atoms. The summed E-state index contributed by atoms with van der Waals surface area (Å²) in [4.78, 5) is 44.5. The first-order valence-electron chi connectivity index (χ1n) is 12.1. The minimum Gasteiger partial charge on any atom is -0.382 e. The van der Waals surface area contributed by atoms with Crippen LogP contribution in [0.25, 0.3) is 0 Å². The molecule has 1 aliphatic rings. The molecule has 210 valence electrons. The summed E-state index contributed by atoms with van der Waals surface area (Å²) in [7, 11) is 0. The molecule has 3 N–H and O–H groups in total. The van der Waals surface area contributed by atoms with Crippen LogP contribution in [0.15, 0.2) is 47.5 Å². The van der Waals surface area contributed by atoms with E-state index < -0.39 is 36.6 Å². The van der Waals surface area contributed by atoms with Crippen LogP contribution in [0.5, 0.6) is 0 Å². The Labute approximate surface area is 222 Å². The van der Waals surface area contributed by atoms with Gasteiger partial charge in [-0.15, -0.1) is 0 Å². The zero-order valence-electron chi connectivity index (χ0n) is 21.4. The summed E-state index contributed by atoms with van der Waals surface area (Å²) in [5.74, 6) is -1.65. The highest BCUT2D eigenvalue weighted by atomic mass is 19.4. The highest BCUT2D eigenvalue weighted by molar-refractivity contribution is 6.02. The highest BCUT2D eigenvalue weighted by Crippen LogP contribution is 2.20. The van der Waals surface area contributed by atoms with Crippen molar-refractivity contribution >= 4 is 29.2 Å². The minimum absolute atomic E-state index is 0.0531. The Hall–Kier alpha value is -3.84. The van der Waals surface area contributed by atoms with Crippen molar-refractivity contribution in [3.63, 3.8) is 0 Å². The van der Waals surface area contributed by atoms with Crippen LogP contribution in [0.1, 0.15) is 40.1 Å². The number of nitrogens with zero attached hydrogens (tertiary/aromatic N) is 3. The van der Waals surface area contributed by atoms with Crippen molar-refractivity contribution < 1.29 is 37.1 Å². The largest absolute Gasteiger partial charge is 0.416 e. The van der Waals surface area contributed by atoms with Gasteiger partial charge in [0.1, 0.15) is 5.82 Å². The van der Waals surface area contributed by atoms with Gasteiger partial charge in [-0.25, -0.2) is 14.2 Å². The maximum absolute atomic E-state index is 14.5. The molecule has 1 saturated heterocycles. The molecular weight excluding hydrogens is 522 g/mol. The van der Waals surface area contributed by atoms with Gasteiger partial charge in [-0.2, -0.15) is 13.2 Å². The highest BCUT2D eigenvalue weighted by Gasteiger charge is 2.38. The number of anilines is 1. The molecule has 0 aromatic heterocycles. The SMILES string of the molecule is CC(C)=NC(=O)c1cccc(CN2CCN(C(=O)c3ccc(NC(=O)NCC(O)C(F)(F)F)c(F)c3)CC2)c1. The average Bonchev–Trinajstić information content (AvgIpc) is 2.87. The lowest BCUT2D eigenvalue weighted by Crippen LogP contribution is -2.48. The van der Waals surface area contributed by atoms with Crippen LogP contribution in [-0.4, -0.2) is 83.5 Å². The van der Waals surface area contributed by atoms with Gasteiger partial charge in [0, 0.05) is 49.6 Å². The number of hydrogen-bond donors (Lipinski definition) is 3. The van der Waals surface area contributed by atoms with Crippen molar-refractivity contribution in [1.82, 2.24) is 15.1 Å². The summed E-state index contributed by atoms with van der Waals surface area (Å²) in [5.41, 5.74) is 1.82. The number of halogens is 4. The van der Waals surface area contributed by atoms with E-state index in [9.17, 15) is 31.9 Å². The Morgan fingerprint density at radius 2 is 1.72 bits per heavy atom. The molecule has 2 aromatic rings. The van der Waals surface area contributed by atoms with Crippen molar-refractivity contribution in [3.8, 4) is 0 Å². The number of benzene rings is 2. The lowest BCUT2D eigenvalue weighted by atomic mass is 10.1. The normalized spacial score (nSPS) is 14.9. The fraction of sp³-hybridized carbons (Fsp3) is 0.385. The number of carbonyl (C=O) groups excluding carboxylic acids is 3. The summed E-state index contributed by atoms with van der Waals surface area (Å²) < 4.78 is 51.5. The molecule has 0 aliphatic carbocycles. The van der Waals surface area contributed by atoms with E-state index in [2.05, 4.69) is 9.89 Å². The lowest BCUT2D eigenvalue weighted by Gasteiger charge is -2.35. The first-order chi connectivity index (χ1) is 18.3. The van der Waals surface area contributed by atoms with Crippen LogP contribution in [0.3, 0.4) is 0 Å². The third-order valence-corrected chi connectivity index (χ3v) is 5.86. The van der Waals surface area contributed by atoms with Crippen molar-refractivity contribution in [1.29, 1.82) is 0 Å². The van der Waals surface area contributed by atoms with E-state index in [0.717, 1.165) is 17.7 Å². The molecule has 1 atom stereocenters. The number of piperazine rings is 1. The van der Waals surface area contributed by atoms with Gasteiger partial charge >= 0.3 is 12.2 Å². The van der Waals surface area contributed by atoms with Gasteiger partial charge in [-0.3, -0.25) is 14.5 Å². The zero-order chi connectivity index (χ0) is 28.7. The van der Waals surface area contributed by atoms with Crippen LogP contribution >= 0.6 is 0 Å². The van der Waals surface area contributed by atoms with Crippen molar-refractivity contribution in [2.75, 3.05) is 38.0 Å². The fourth-order valence-corrected chi connectivity index (χ4v) is 3.84. The number of aliphatic hydroxyl groups is 1. The summed E-state index contributed by atoms with van der Waals surface area (Å²) in [6.45, 7) is 4.88. The van der Waals surface area contributed by atoms with E-state index in [4.69, 9.17) is 5.11 Å². The van der Waals surface area contributed by atoms with Crippen molar-refractivity contribution in [3.05, 3.63) is 65.0 Å². The third-order valence-electron chi connectivity index (χ3n) is 5.86. The van der Waals surface area contributed by atoms with Crippen molar-refractivity contribution in [2.24, 2.45) is 4.99 Å². The molecule has 1 unspecified atom stereocenters. The van der Waals surface area contributed by atoms with Crippen LogP contribution in [-0.2, 0) is 6.54 Å². The van der Waals surface area contributed by atoms with E-state index in [1.54, 1.807) is 42.3 Å². The number of nitrogens with one attached hydrogen (secondary N) is 2. The Morgan fingerprint density at radius 3 is 2.33 bits per heavy atom. The maximum Gasteiger partial charge on any atom is 0.416 e. The van der Waals surface area contributed by atoms with Gasteiger partial charge in [0.2, 0.25) is 0 Å². The van der Waals surface area contributed by atoms with Crippen molar-refractivity contribution in [2.45, 2.75) is 32.7 Å². The summed E-state index contributed by atoms with van der Waals surface area (Å²) >= 11 is 0. The predicted octanol–water partition coefficient (Wildman–Crippen LogP) is 3.45. The number of aliphatic hydroxyl groups excluding tert-OH is 1. The summed E-state index contributed by atoms with van der Waals surface area (Å²) in [5, 5.41) is 12.8.